The fourth-order valence-corrected chi connectivity index (χ4v) is 1.26. The minimum absolute atomic E-state index is 0.223. The highest BCUT2D eigenvalue weighted by Gasteiger charge is 2.19. The average Bonchev–Trinajstić information content (AvgIpc) is 1.87. The Labute approximate surface area is 64.9 Å². The zero-order valence-electron chi connectivity index (χ0n) is 6.02. The van der Waals surface area contributed by atoms with Crippen LogP contribution in [0, 0.1) is 0 Å². The average molecular weight is 179 g/mol. The first kappa shape index (κ1) is 10.3. The van der Waals surface area contributed by atoms with Gasteiger partial charge < -0.3 is 0 Å². The van der Waals surface area contributed by atoms with E-state index in [1.54, 1.807) is 6.92 Å². The van der Waals surface area contributed by atoms with Gasteiger partial charge in [0.15, 0.2) is 0 Å². The monoisotopic (exact) mass is 179 g/mol. The molecule has 0 aliphatic rings. The van der Waals surface area contributed by atoms with E-state index in [0.29, 0.717) is 0 Å². The number of carbonyl (C=O) groups excluding carboxylic acids is 1. The van der Waals surface area contributed by atoms with Gasteiger partial charge in [0.1, 0.15) is 5.25 Å². The third-order valence-corrected chi connectivity index (χ3v) is 2.56. The van der Waals surface area contributed by atoms with Crippen LogP contribution in [0.5, 0.6) is 0 Å². The van der Waals surface area contributed by atoms with E-state index in [0.717, 1.165) is 0 Å². The second kappa shape index (κ2) is 4.23. The molecule has 0 fully saturated rings. The Balaban J connectivity index is 4.30. The van der Waals surface area contributed by atoms with E-state index >= 15 is 0 Å². The van der Waals surface area contributed by atoms with Crippen molar-refractivity contribution in [2.75, 3.05) is 6.54 Å². The van der Waals surface area contributed by atoms with Crippen molar-refractivity contribution < 1.29 is 17.8 Å². The molecule has 0 aromatic rings. The van der Waals surface area contributed by atoms with Gasteiger partial charge in [-0.05, 0) is 6.42 Å². The van der Waals surface area contributed by atoms with Crippen molar-refractivity contribution >= 4 is 16.2 Å². The molecular weight excluding hydrogens is 170 g/mol. The van der Waals surface area contributed by atoms with Crippen molar-refractivity contribution in [1.82, 2.24) is 0 Å². The van der Waals surface area contributed by atoms with Gasteiger partial charge in [0.25, 0.3) is 10.1 Å². The van der Waals surface area contributed by atoms with Gasteiger partial charge in [-0.15, -0.1) is 0 Å². The summed E-state index contributed by atoms with van der Waals surface area (Å²) >= 11 is 0. The molecule has 0 bridgehead atoms. The Morgan fingerprint density at radius 1 is 1.64 bits per heavy atom. The SMILES string of the molecule is CCC(CN=C=O)S(=O)(=O)O. The molecule has 5 nitrogen and oxygen atoms in total. The van der Waals surface area contributed by atoms with Gasteiger partial charge in [-0.25, -0.2) is 9.79 Å². The van der Waals surface area contributed by atoms with Crippen molar-refractivity contribution in [3.8, 4) is 0 Å². The Morgan fingerprint density at radius 2 is 2.18 bits per heavy atom. The first-order valence-corrected chi connectivity index (χ1v) is 4.52. The normalized spacial score (nSPS) is 13.6. The van der Waals surface area contributed by atoms with Gasteiger partial charge in [-0.1, -0.05) is 6.92 Å². The molecule has 0 rings (SSSR count). The zero-order chi connectivity index (χ0) is 8.91. The van der Waals surface area contributed by atoms with Gasteiger partial charge in [0.05, 0.1) is 6.54 Å². The minimum atomic E-state index is -4.06. The van der Waals surface area contributed by atoms with E-state index in [4.69, 9.17) is 4.55 Å². The second-order valence-electron chi connectivity index (χ2n) is 1.98. The van der Waals surface area contributed by atoms with E-state index < -0.39 is 15.4 Å². The zero-order valence-corrected chi connectivity index (χ0v) is 6.84. The molecule has 0 saturated carbocycles. The molecule has 0 aromatic carbocycles. The molecule has 1 N–H and O–H groups in total. The second-order valence-corrected chi connectivity index (χ2v) is 3.67. The third-order valence-electron chi connectivity index (χ3n) is 1.24. The fraction of sp³-hybridized carbons (Fsp3) is 0.800. The summed E-state index contributed by atoms with van der Waals surface area (Å²) in [5.41, 5.74) is 0. The lowest BCUT2D eigenvalue weighted by Crippen LogP contribution is -2.22. The maximum Gasteiger partial charge on any atom is 0.269 e. The quantitative estimate of drug-likeness (QED) is 0.373. The topological polar surface area (TPSA) is 83.8 Å². The molecule has 0 aliphatic carbocycles. The van der Waals surface area contributed by atoms with Crippen molar-refractivity contribution in [3.63, 3.8) is 0 Å². The molecule has 0 spiro atoms. The molecule has 0 radical (unpaired) electrons. The smallest absolute Gasteiger partial charge is 0.269 e. The summed E-state index contributed by atoms with van der Waals surface area (Å²) in [6.07, 6.45) is 1.43. The Bertz CT molecular complexity index is 252. The molecule has 0 saturated heterocycles. The summed E-state index contributed by atoms with van der Waals surface area (Å²) in [6, 6.07) is 0. The van der Waals surface area contributed by atoms with Crippen LogP contribution in [0.1, 0.15) is 13.3 Å². The lowest BCUT2D eigenvalue weighted by atomic mass is 10.3. The van der Waals surface area contributed by atoms with Crippen molar-refractivity contribution in [2.24, 2.45) is 4.99 Å². The summed E-state index contributed by atoms with van der Waals surface area (Å²) in [4.78, 5) is 12.6. The molecule has 0 aliphatic heterocycles. The van der Waals surface area contributed by atoms with E-state index in [2.05, 4.69) is 4.99 Å². The summed E-state index contributed by atoms with van der Waals surface area (Å²) in [7, 11) is -4.06. The lowest BCUT2D eigenvalue weighted by Gasteiger charge is -2.05. The molecular formula is C5H9NO4S. The highest BCUT2D eigenvalue weighted by Crippen LogP contribution is 2.03. The molecule has 1 atom stereocenters. The van der Waals surface area contributed by atoms with Crippen LogP contribution in [-0.2, 0) is 14.9 Å². The first-order valence-electron chi connectivity index (χ1n) is 3.02. The molecule has 0 heterocycles. The molecule has 6 heteroatoms. The standard InChI is InChI=1S/C5H9NO4S/c1-2-5(3-6-4-7)11(8,9)10/h5H,2-3H2,1H3,(H,8,9,10). The van der Waals surface area contributed by atoms with Crippen LogP contribution in [0.15, 0.2) is 4.99 Å². The van der Waals surface area contributed by atoms with Gasteiger partial charge in [-0.2, -0.15) is 8.42 Å². The van der Waals surface area contributed by atoms with Gasteiger partial charge in [0, 0.05) is 0 Å². The van der Waals surface area contributed by atoms with Gasteiger partial charge in [0.2, 0.25) is 6.08 Å². The number of aliphatic imine (C=N–C) groups is 1. The summed E-state index contributed by atoms with van der Waals surface area (Å²) in [6.45, 7) is 1.36. The summed E-state index contributed by atoms with van der Waals surface area (Å²) in [5.74, 6) is 0. The van der Waals surface area contributed by atoms with Crippen LogP contribution in [-0.4, -0.2) is 30.8 Å². The van der Waals surface area contributed by atoms with Gasteiger partial charge in [-0.3, -0.25) is 4.55 Å². The van der Waals surface area contributed by atoms with Crippen LogP contribution in [0.25, 0.3) is 0 Å². The molecule has 1 unspecified atom stereocenters. The highest BCUT2D eigenvalue weighted by atomic mass is 32.2. The van der Waals surface area contributed by atoms with E-state index in [1.807, 2.05) is 0 Å². The lowest BCUT2D eigenvalue weighted by molar-refractivity contribution is 0.465. The predicted octanol–water partition coefficient (Wildman–Crippen LogP) is -0.0114. The first-order chi connectivity index (χ1) is 5.02. The maximum absolute atomic E-state index is 10.4. The van der Waals surface area contributed by atoms with Crippen molar-refractivity contribution in [2.45, 2.75) is 18.6 Å². The van der Waals surface area contributed by atoms with Crippen molar-refractivity contribution in [3.05, 3.63) is 0 Å². The predicted molar refractivity (Wildman–Crippen MR) is 38.6 cm³/mol. The largest absolute Gasteiger partial charge is 0.285 e. The minimum Gasteiger partial charge on any atom is -0.285 e. The molecule has 64 valence electrons. The number of nitrogens with zero attached hydrogens (tertiary/aromatic N) is 1. The van der Waals surface area contributed by atoms with E-state index in [-0.39, 0.29) is 13.0 Å². The van der Waals surface area contributed by atoms with Crippen LogP contribution in [0.4, 0.5) is 0 Å². The van der Waals surface area contributed by atoms with Crippen LogP contribution < -0.4 is 0 Å². The van der Waals surface area contributed by atoms with E-state index in [1.165, 1.54) is 6.08 Å². The van der Waals surface area contributed by atoms with Gasteiger partial charge >= 0.3 is 0 Å². The number of hydrogen-bond acceptors (Lipinski definition) is 4. The van der Waals surface area contributed by atoms with Crippen LogP contribution in [0.3, 0.4) is 0 Å². The number of isocyanates is 1. The Hall–Kier alpha value is -0.710. The molecule has 11 heavy (non-hydrogen) atoms. The third kappa shape index (κ3) is 3.87. The number of hydrogen-bond donors (Lipinski definition) is 1. The highest BCUT2D eigenvalue weighted by molar-refractivity contribution is 7.86. The summed E-state index contributed by atoms with van der Waals surface area (Å²) in [5, 5.41) is -0.982. The van der Waals surface area contributed by atoms with Crippen LogP contribution >= 0.6 is 0 Å². The Morgan fingerprint density at radius 3 is 2.45 bits per heavy atom. The Kier molecular flexibility index (Phi) is 3.95. The maximum atomic E-state index is 10.4. The number of rotatable bonds is 4. The van der Waals surface area contributed by atoms with Crippen molar-refractivity contribution in [1.29, 1.82) is 0 Å². The summed E-state index contributed by atoms with van der Waals surface area (Å²) < 4.78 is 29.4. The molecule has 0 amide bonds. The fourth-order valence-electron chi connectivity index (χ4n) is 0.573. The van der Waals surface area contributed by atoms with Crippen LogP contribution in [0.2, 0.25) is 0 Å². The molecule has 0 aromatic heterocycles. The van der Waals surface area contributed by atoms with E-state index in [9.17, 15) is 13.2 Å².